The summed E-state index contributed by atoms with van der Waals surface area (Å²) < 4.78 is 29.6. The molecule has 2 saturated heterocycles. The van der Waals surface area contributed by atoms with Gasteiger partial charge in [0.05, 0.1) is 4.70 Å². The zero-order chi connectivity index (χ0) is 17.7. The van der Waals surface area contributed by atoms with E-state index >= 15 is 0 Å². The molecule has 0 spiro atoms. The Morgan fingerprint density at radius 2 is 2.16 bits per heavy atom. The maximum atomic E-state index is 15.0. The lowest BCUT2D eigenvalue weighted by molar-refractivity contribution is 0.0696. The van der Waals surface area contributed by atoms with Gasteiger partial charge in [0.2, 0.25) is 5.43 Å². The van der Waals surface area contributed by atoms with E-state index in [-0.39, 0.29) is 21.8 Å². The van der Waals surface area contributed by atoms with Crippen molar-refractivity contribution < 1.29 is 18.7 Å². The van der Waals surface area contributed by atoms with Crippen LogP contribution in [0.15, 0.2) is 16.2 Å². The Morgan fingerprint density at radius 3 is 2.88 bits per heavy atom. The molecule has 0 amide bonds. The van der Waals surface area contributed by atoms with Crippen LogP contribution in [-0.4, -0.2) is 36.8 Å². The predicted octanol–water partition coefficient (Wildman–Crippen LogP) is 2.43. The highest BCUT2D eigenvalue weighted by molar-refractivity contribution is 7.16. The van der Waals surface area contributed by atoms with Crippen molar-refractivity contribution >= 4 is 33.1 Å². The molecule has 0 saturated carbocycles. The molecular weight excluding hydrogens is 350 g/mol. The first-order chi connectivity index (χ1) is 12.0. The number of halogens is 2. The van der Waals surface area contributed by atoms with Crippen molar-refractivity contribution in [2.45, 2.75) is 18.9 Å². The van der Waals surface area contributed by atoms with Crippen LogP contribution in [0.25, 0.3) is 10.1 Å². The maximum absolute atomic E-state index is 15.0. The van der Waals surface area contributed by atoms with Crippen LogP contribution in [0, 0.1) is 17.6 Å². The third-order valence-electron chi connectivity index (χ3n) is 5.08. The van der Waals surface area contributed by atoms with Gasteiger partial charge in [-0.3, -0.25) is 4.79 Å². The highest BCUT2D eigenvalue weighted by Gasteiger charge is 2.36. The summed E-state index contributed by atoms with van der Waals surface area (Å²) in [5.41, 5.74) is -1.45. The van der Waals surface area contributed by atoms with Gasteiger partial charge in [-0.1, -0.05) is 0 Å². The van der Waals surface area contributed by atoms with Gasteiger partial charge in [-0.05, 0) is 31.4 Å². The zero-order valence-electron chi connectivity index (χ0n) is 13.2. The average molecular weight is 366 g/mol. The molecule has 2 aliphatic heterocycles. The van der Waals surface area contributed by atoms with Crippen LogP contribution in [0.4, 0.5) is 14.5 Å². The normalized spacial score (nSPS) is 23.0. The quantitative estimate of drug-likeness (QED) is 0.854. The van der Waals surface area contributed by atoms with E-state index in [0.717, 1.165) is 42.2 Å². The zero-order valence-corrected chi connectivity index (χ0v) is 14.0. The van der Waals surface area contributed by atoms with Gasteiger partial charge in [0, 0.05) is 29.9 Å². The third kappa shape index (κ3) is 2.60. The maximum Gasteiger partial charge on any atom is 0.340 e. The predicted molar refractivity (Wildman–Crippen MR) is 91.7 cm³/mol. The van der Waals surface area contributed by atoms with E-state index in [9.17, 15) is 18.4 Å². The summed E-state index contributed by atoms with van der Waals surface area (Å²) in [5.74, 6) is -2.65. The molecule has 25 heavy (non-hydrogen) atoms. The second kappa shape index (κ2) is 6.03. The Morgan fingerprint density at radius 1 is 1.36 bits per heavy atom. The van der Waals surface area contributed by atoms with E-state index in [1.165, 1.54) is 0 Å². The summed E-state index contributed by atoms with van der Waals surface area (Å²) in [6.45, 7) is 2.00. The summed E-state index contributed by atoms with van der Waals surface area (Å²) in [4.78, 5) is 24.9. The number of carbonyl (C=O) groups is 1. The number of nitrogens with one attached hydrogen (secondary N) is 1. The number of benzene rings is 1. The number of anilines is 1. The summed E-state index contributed by atoms with van der Waals surface area (Å²) in [6.07, 6.45) is 2.08. The SMILES string of the molecule is O=C(O)c1csc2c(F)c(N3C[C@@H]4CCCN[C@@H]4C3)c(F)cc2c1=O. The van der Waals surface area contributed by atoms with Crippen LogP contribution in [0.5, 0.6) is 0 Å². The molecule has 2 aliphatic rings. The summed E-state index contributed by atoms with van der Waals surface area (Å²) in [7, 11) is 0. The van der Waals surface area contributed by atoms with E-state index in [1.807, 2.05) is 0 Å². The Hall–Kier alpha value is -2.06. The topological polar surface area (TPSA) is 69.6 Å². The van der Waals surface area contributed by atoms with Crippen LogP contribution >= 0.6 is 11.3 Å². The van der Waals surface area contributed by atoms with Gasteiger partial charge < -0.3 is 15.3 Å². The van der Waals surface area contributed by atoms with Gasteiger partial charge in [0.1, 0.15) is 17.1 Å². The summed E-state index contributed by atoms with van der Waals surface area (Å²) in [6, 6.07) is 1.19. The number of fused-ring (bicyclic) bond motifs is 2. The van der Waals surface area contributed by atoms with E-state index in [1.54, 1.807) is 4.90 Å². The molecule has 132 valence electrons. The van der Waals surface area contributed by atoms with Gasteiger partial charge in [0.15, 0.2) is 5.82 Å². The molecule has 0 bridgehead atoms. The number of hydrogen-bond acceptors (Lipinski definition) is 5. The number of hydrogen-bond donors (Lipinski definition) is 2. The minimum atomic E-state index is -1.40. The van der Waals surface area contributed by atoms with Crippen molar-refractivity contribution in [1.82, 2.24) is 5.32 Å². The van der Waals surface area contributed by atoms with Crippen molar-refractivity contribution in [1.29, 1.82) is 0 Å². The molecule has 0 radical (unpaired) electrons. The van der Waals surface area contributed by atoms with Gasteiger partial charge in [0.25, 0.3) is 0 Å². The second-order valence-electron chi connectivity index (χ2n) is 6.55. The number of piperidine rings is 1. The fourth-order valence-corrected chi connectivity index (χ4v) is 4.78. The fraction of sp³-hybridized carbons (Fsp3) is 0.412. The van der Waals surface area contributed by atoms with Crippen molar-refractivity contribution in [3.63, 3.8) is 0 Å². The molecular formula is C17H16F2N2O3S. The summed E-state index contributed by atoms with van der Waals surface area (Å²) in [5, 5.41) is 13.3. The lowest BCUT2D eigenvalue weighted by Gasteiger charge is -2.24. The van der Waals surface area contributed by atoms with E-state index < -0.39 is 28.6 Å². The molecule has 1 aromatic carbocycles. The van der Waals surface area contributed by atoms with Crippen LogP contribution in [-0.2, 0) is 0 Å². The molecule has 0 unspecified atom stereocenters. The molecule has 4 rings (SSSR count). The number of aromatic carboxylic acids is 1. The minimum absolute atomic E-state index is 0.00534. The largest absolute Gasteiger partial charge is 0.478 e. The molecule has 5 nitrogen and oxygen atoms in total. The summed E-state index contributed by atoms with van der Waals surface area (Å²) >= 11 is 0.815. The van der Waals surface area contributed by atoms with E-state index in [0.29, 0.717) is 19.0 Å². The molecule has 2 N–H and O–H groups in total. The fourth-order valence-electron chi connectivity index (χ4n) is 3.86. The molecule has 8 heteroatoms. The second-order valence-corrected chi connectivity index (χ2v) is 7.43. The van der Waals surface area contributed by atoms with Crippen LogP contribution in [0.3, 0.4) is 0 Å². The molecule has 2 aromatic rings. The first-order valence-corrected chi connectivity index (χ1v) is 9.00. The van der Waals surface area contributed by atoms with Gasteiger partial charge >= 0.3 is 5.97 Å². The van der Waals surface area contributed by atoms with Crippen molar-refractivity contribution in [2.75, 3.05) is 24.5 Å². The highest BCUT2D eigenvalue weighted by Crippen LogP contribution is 2.36. The number of nitrogens with zero attached hydrogens (tertiary/aromatic N) is 1. The Balaban J connectivity index is 1.82. The van der Waals surface area contributed by atoms with Crippen molar-refractivity contribution in [2.24, 2.45) is 5.92 Å². The van der Waals surface area contributed by atoms with Crippen LogP contribution < -0.4 is 15.6 Å². The smallest absolute Gasteiger partial charge is 0.340 e. The lowest BCUT2D eigenvalue weighted by atomic mass is 9.94. The number of carboxylic acids is 1. The lowest BCUT2D eigenvalue weighted by Crippen LogP contribution is -2.40. The van der Waals surface area contributed by atoms with Gasteiger partial charge in [-0.2, -0.15) is 0 Å². The Bertz CT molecular complexity index is 916. The third-order valence-corrected chi connectivity index (χ3v) is 6.07. The molecule has 1 aromatic heterocycles. The van der Waals surface area contributed by atoms with Gasteiger partial charge in [-0.15, -0.1) is 11.3 Å². The van der Waals surface area contributed by atoms with Gasteiger partial charge in [-0.25, -0.2) is 13.6 Å². The molecule has 3 heterocycles. The standard InChI is InChI=1S/C17H16F2N2O3S/c18-11-4-9-15(22)10(17(23)24)7-25-16(9)13(19)14(11)21-5-8-2-1-3-20-12(8)6-21/h4,7-8,12,20H,1-3,5-6H2,(H,23,24)/t8-,12+/m0/s1. The molecule has 2 fully saturated rings. The number of carboxylic acid groups (broad SMARTS) is 1. The van der Waals surface area contributed by atoms with Crippen LogP contribution in [0.1, 0.15) is 23.2 Å². The minimum Gasteiger partial charge on any atom is -0.478 e. The Labute approximate surface area is 145 Å². The average Bonchev–Trinajstić information content (AvgIpc) is 2.99. The number of rotatable bonds is 2. The van der Waals surface area contributed by atoms with Crippen molar-refractivity contribution in [3.8, 4) is 0 Å². The first-order valence-electron chi connectivity index (χ1n) is 8.12. The highest BCUT2D eigenvalue weighted by atomic mass is 32.1. The van der Waals surface area contributed by atoms with E-state index in [2.05, 4.69) is 5.32 Å². The first kappa shape index (κ1) is 16.4. The monoisotopic (exact) mass is 366 g/mol. The van der Waals surface area contributed by atoms with E-state index in [4.69, 9.17) is 5.11 Å². The molecule has 0 aliphatic carbocycles. The van der Waals surface area contributed by atoms with Crippen molar-refractivity contribution in [3.05, 3.63) is 38.9 Å². The van der Waals surface area contributed by atoms with Crippen LogP contribution in [0.2, 0.25) is 0 Å². The molecule has 2 atom stereocenters. The Kier molecular flexibility index (Phi) is 3.96.